The van der Waals surface area contributed by atoms with Gasteiger partial charge in [-0.2, -0.15) is 0 Å². The van der Waals surface area contributed by atoms with E-state index < -0.39 is 0 Å². The van der Waals surface area contributed by atoms with Crippen molar-refractivity contribution in [1.82, 2.24) is 14.9 Å². The highest BCUT2D eigenvalue weighted by Gasteiger charge is 2.19. The van der Waals surface area contributed by atoms with Crippen LogP contribution in [-0.4, -0.2) is 41.0 Å². The minimum atomic E-state index is -0.178. The molecule has 0 bridgehead atoms. The number of anilines is 1. The molecule has 1 aliphatic rings. The molecule has 5 heteroatoms. The summed E-state index contributed by atoms with van der Waals surface area (Å²) in [5.41, 5.74) is 2.27. The first-order valence-electron chi connectivity index (χ1n) is 7.21. The Morgan fingerprint density at radius 1 is 1.10 bits per heavy atom. The molecule has 1 aromatic heterocycles. The molecular weight excluding hydrogens is 267 g/mol. The maximum atomic E-state index is 12.9. The van der Waals surface area contributed by atoms with E-state index in [1.807, 2.05) is 25.3 Å². The van der Waals surface area contributed by atoms with E-state index in [0.717, 1.165) is 49.7 Å². The van der Waals surface area contributed by atoms with Crippen LogP contribution in [0, 0.1) is 12.7 Å². The van der Waals surface area contributed by atoms with Crippen molar-refractivity contribution >= 4 is 5.82 Å². The first-order valence-corrected chi connectivity index (χ1v) is 7.21. The van der Waals surface area contributed by atoms with Gasteiger partial charge in [0.15, 0.2) is 0 Å². The molecule has 3 rings (SSSR count). The molecule has 2 aromatic rings. The lowest BCUT2D eigenvalue weighted by Crippen LogP contribution is -2.46. The van der Waals surface area contributed by atoms with Gasteiger partial charge in [0.25, 0.3) is 0 Å². The largest absolute Gasteiger partial charge is 0.354 e. The SMILES string of the molecule is Cc1cncnc1N1CCN(Cc2ccc(F)cc2)CC1. The van der Waals surface area contributed by atoms with E-state index >= 15 is 0 Å². The van der Waals surface area contributed by atoms with Gasteiger partial charge in [0, 0.05) is 44.5 Å². The van der Waals surface area contributed by atoms with E-state index in [1.54, 1.807) is 6.33 Å². The standard InChI is InChI=1S/C16H19FN4/c1-13-10-18-12-19-16(13)21-8-6-20(7-9-21)11-14-2-4-15(17)5-3-14/h2-5,10,12H,6-9,11H2,1H3. The van der Waals surface area contributed by atoms with Gasteiger partial charge < -0.3 is 4.90 Å². The topological polar surface area (TPSA) is 32.3 Å². The molecule has 1 fully saturated rings. The average molecular weight is 286 g/mol. The van der Waals surface area contributed by atoms with E-state index in [9.17, 15) is 4.39 Å². The number of nitrogens with zero attached hydrogens (tertiary/aromatic N) is 4. The lowest BCUT2D eigenvalue weighted by Gasteiger charge is -2.35. The number of aryl methyl sites for hydroxylation is 1. The van der Waals surface area contributed by atoms with Gasteiger partial charge in [0.1, 0.15) is 18.0 Å². The third-order valence-electron chi connectivity index (χ3n) is 3.86. The number of hydrogen-bond donors (Lipinski definition) is 0. The quantitative estimate of drug-likeness (QED) is 0.866. The minimum absolute atomic E-state index is 0.178. The summed E-state index contributed by atoms with van der Waals surface area (Å²) in [6, 6.07) is 6.76. The van der Waals surface area contributed by atoms with Gasteiger partial charge in [-0.3, -0.25) is 4.90 Å². The lowest BCUT2D eigenvalue weighted by molar-refractivity contribution is 0.249. The molecule has 1 saturated heterocycles. The van der Waals surface area contributed by atoms with Crippen molar-refractivity contribution in [3.05, 3.63) is 53.7 Å². The maximum Gasteiger partial charge on any atom is 0.134 e. The second kappa shape index (κ2) is 6.18. The van der Waals surface area contributed by atoms with Crippen LogP contribution in [0.2, 0.25) is 0 Å². The van der Waals surface area contributed by atoms with Crippen molar-refractivity contribution < 1.29 is 4.39 Å². The van der Waals surface area contributed by atoms with E-state index in [-0.39, 0.29) is 5.82 Å². The Morgan fingerprint density at radius 3 is 2.48 bits per heavy atom. The molecular formula is C16H19FN4. The third-order valence-corrected chi connectivity index (χ3v) is 3.86. The molecule has 0 radical (unpaired) electrons. The van der Waals surface area contributed by atoms with Crippen LogP contribution in [0.1, 0.15) is 11.1 Å². The molecule has 0 spiro atoms. The van der Waals surface area contributed by atoms with Gasteiger partial charge >= 0.3 is 0 Å². The summed E-state index contributed by atoms with van der Waals surface area (Å²) in [5, 5.41) is 0. The second-order valence-electron chi connectivity index (χ2n) is 5.42. The fraction of sp³-hybridized carbons (Fsp3) is 0.375. The Bertz CT molecular complexity index is 591. The van der Waals surface area contributed by atoms with Gasteiger partial charge in [0.05, 0.1) is 0 Å². The van der Waals surface area contributed by atoms with Crippen LogP contribution >= 0.6 is 0 Å². The fourth-order valence-electron chi connectivity index (χ4n) is 2.69. The van der Waals surface area contributed by atoms with Gasteiger partial charge in [-0.15, -0.1) is 0 Å². The highest BCUT2D eigenvalue weighted by atomic mass is 19.1. The maximum absolute atomic E-state index is 12.9. The number of benzene rings is 1. The summed E-state index contributed by atoms with van der Waals surface area (Å²) in [4.78, 5) is 13.1. The monoisotopic (exact) mass is 286 g/mol. The van der Waals surface area contributed by atoms with Crippen LogP contribution in [0.4, 0.5) is 10.2 Å². The predicted molar refractivity (Wildman–Crippen MR) is 80.7 cm³/mol. The highest BCUT2D eigenvalue weighted by molar-refractivity contribution is 5.44. The average Bonchev–Trinajstić information content (AvgIpc) is 2.51. The second-order valence-corrected chi connectivity index (χ2v) is 5.42. The van der Waals surface area contributed by atoms with Crippen LogP contribution in [0.15, 0.2) is 36.8 Å². The normalized spacial score (nSPS) is 16.2. The zero-order valence-electron chi connectivity index (χ0n) is 12.2. The molecule has 2 heterocycles. The summed E-state index contributed by atoms with van der Waals surface area (Å²) < 4.78 is 12.9. The van der Waals surface area contributed by atoms with Crippen molar-refractivity contribution in [2.45, 2.75) is 13.5 Å². The van der Waals surface area contributed by atoms with Crippen molar-refractivity contribution in [1.29, 1.82) is 0 Å². The van der Waals surface area contributed by atoms with Gasteiger partial charge in [-0.1, -0.05) is 12.1 Å². The van der Waals surface area contributed by atoms with Gasteiger partial charge in [0.2, 0.25) is 0 Å². The van der Waals surface area contributed by atoms with Crippen molar-refractivity contribution in [3.8, 4) is 0 Å². The van der Waals surface area contributed by atoms with E-state index in [4.69, 9.17) is 0 Å². The molecule has 1 aromatic carbocycles. The Morgan fingerprint density at radius 2 is 1.81 bits per heavy atom. The van der Waals surface area contributed by atoms with Crippen LogP contribution in [-0.2, 0) is 6.54 Å². The molecule has 110 valence electrons. The number of aromatic nitrogens is 2. The zero-order valence-corrected chi connectivity index (χ0v) is 12.2. The van der Waals surface area contributed by atoms with Gasteiger partial charge in [-0.25, -0.2) is 14.4 Å². The summed E-state index contributed by atoms with van der Waals surface area (Å²) >= 11 is 0. The Hall–Kier alpha value is -2.01. The smallest absolute Gasteiger partial charge is 0.134 e. The van der Waals surface area contributed by atoms with Crippen molar-refractivity contribution in [2.24, 2.45) is 0 Å². The van der Waals surface area contributed by atoms with E-state index in [0.29, 0.717) is 0 Å². The predicted octanol–water partition coefficient (Wildman–Crippen LogP) is 2.25. The van der Waals surface area contributed by atoms with E-state index in [2.05, 4.69) is 19.8 Å². The molecule has 0 amide bonds. The number of hydrogen-bond acceptors (Lipinski definition) is 4. The van der Waals surface area contributed by atoms with Crippen molar-refractivity contribution in [2.75, 3.05) is 31.1 Å². The fourth-order valence-corrected chi connectivity index (χ4v) is 2.69. The molecule has 21 heavy (non-hydrogen) atoms. The molecule has 0 unspecified atom stereocenters. The summed E-state index contributed by atoms with van der Waals surface area (Å²) in [6.45, 7) is 6.80. The Labute approximate surface area is 124 Å². The van der Waals surface area contributed by atoms with Crippen LogP contribution < -0.4 is 4.90 Å². The highest BCUT2D eigenvalue weighted by Crippen LogP contribution is 2.17. The first kappa shape index (κ1) is 13.9. The molecule has 1 aliphatic heterocycles. The number of halogens is 1. The Kier molecular flexibility index (Phi) is 4.10. The zero-order chi connectivity index (χ0) is 14.7. The summed E-state index contributed by atoms with van der Waals surface area (Å²) in [6.07, 6.45) is 3.46. The summed E-state index contributed by atoms with van der Waals surface area (Å²) in [5.74, 6) is 0.856. The van der Waals surface area contributed by atoms with Crippen molar-refractivity contribution in [3.63, 3.8) is 0 Å². The van der Waals surface area contributed by atoms with Crippen LogP contribution in [0.3, 0.4) is 0 Å². The summed E-state index contributed by atoms with van der Waals surface area (Å²) in [7, 11) is 0. The van der Waals surface area contributed by atoms with E-state index in [1.165, 1.54) is 12.1 Å². The minimum Gasteiger partial charge on any atom is -0.354 e. The molecule has 0 N–H and O–H groups in total. The molecule has 4 nitrogen and oxygen atoms in total. The van der Waals surface area contributed by atoms with Gasteiger partial charge in [-0.05, 0) is 24.6 Å². The van der Waals surface area contributed by atoms with Crippen LogP contribution in [0.25, 0.3) is 0 Å². The number of rotatable bonds is 3. The Balaban J connectivity index is 1.58. The molecule has 0 aliphatic carbocycles. The molecule has 0 atom stereocenters. The molecule has 0 saturated carbocycles. The lowest BCUT2D eigenvalue weighted by atomic mass is 10.2. The van der Waals surface area contributed by atoms with Crippen LogP contribution in [0.5, 0.6) is 0 Å². The number of piperazine rings is 1. The first-order chi connectivity index (χ1) is 10.2. The third kappa shape index (κ3) is 3.36.